The minimum Gasteiger partial charge on any atom is -0.315 e. The van der Waals surface area contributed by atoms with Crippen molar-refractivity contribution < 1.29 is 8.42 Å². The Balaban J connectivity index is 2.11. The first-order valence-corrected chi connectivity index (χ1v) is 9.92. The molecule has 2 rings (SSSR count). The minimum atomic E-state index is -3.34. The Hall–Kier alpha value is -0.170. The molecule has 1 N–H and O–H groups in total. The average molecular weight is 317 g/mol. The van der Waals surface area contributed by atoms with Gasteiger partial charge >= 0.3 is 0 Å². The van der Waals surface area contributed by atoms with E-state index in [1.807, 2.05) is 0 Å². The van der Waals surface area contributed by atoms with E-state index in [2.05, 4.69) is 12.2 Å². The fraction of sp³-hybridized carbons (Fsp3) is 1.00. The van der Waals surface area contributed by atoms with Crippen LogP contribution < -0.4 is 5.32 Å². The number of nitrogens with zero attached hydrogens (tertiary/aromatic N) is 2. The second-order valence-electron chi connectivity index (χ2n) is 6.43. The lowest BCUT2D eigenvalue weighted by Crippen LogP contribution is -2.54. The van der Waals surface area contributed by atoms with Crippen molar-refractivity contribution in [3.8, 4) is 0 Å². The summed E-state index contributed by atoms with van der Waals surface area (Å²) < 4.78 is 29.5. The minimum absolute atomic E-state index is 0.120. The highest BCUT2D eigenvalue weighted by atomic mass is 32.2. The van der Waals surface area contributed by atoms with Crippen molar-refractivity contribution in [1.82, 2.24) is 13.9 Å². The van der Waals surface area contributed by atoms with Gasteiger partial charge in [0, 0.05) is 32.2 Å². The van der Waals surface area contributed by atoms with Gasteiger partial charge in [-0.05, 0) is 38.6 Å². The van der Waals surface area contributed by atoms with Gasteiger partial charge in [-0.1, -0.05) is 26.2 Å². The Kier molecular flexibility index (Phi) is 6.47. The molecule has 0 spiro atoms. The third-order valence-electron chi connectivity index (χ3n) is 4.87. The highest BCUT2D eigenvalue weighted by molar-refractivity contribution is 7.86. The molecular formula is C15H31N3O2S. The third-order valence-corrected chi connectivity index (χ3v) is 6.97. The highest BCUT2D eigenvalue weighted by Gasteiger charge is 2.36. The molecule has 1 heterocycles. The van der Waals surface area contributed by atoms with E-state index in [1.54, 1.807) is 15.7 Å². The second kappa shape index (κ2) is 7.90. The summed E-state index contributed by atoms with van der Waals surface area (Å²) in [5, 5.41) is 3.34. The van der Waals surface area contributed by atoms with Gasteiger partial charge in [-0.3, -0.25) is 0 Å². The summed E-state index contributed by atoms with van der Waals surface area (Å²) in [5.74, 6) is 0. The smallest absolute Gasteiger partial charge is 0.282 e. The lowest BCUT2D eigenvalue weighted by atomic mass is 9.96. The van der Waals surface area contributed by atoms with E-state index in [-0.39, 0.29) is 12.1 Å². The molecule has 2 fully saturated rings. The summed E-state index contributed by atoms with van der Waals surface area (Å²) >= 11 is 0. The van der Waals surface area contributed by atoms with Crippen LogP contribution in [0.15, 0.2) is 0 Å². The molecule has 0 bridgehead atoms. The molecule has 1 atom stereocenters. The van der Waals surface area contributed by atoms with E-state index >= 15 is 0 Å². The molecule has 124 valence electrons. The van der Waals surface area contributed by atoms with Crippen LogP contribution in [0.3, 0.4) is 0 Å². The van der Waals surface area contributed by atoms with E-state index in [0.29, 0.717) is 6.54 Å². The van der Waals surface area contributed by atoms with E-state index in [1.165, 1.54) is 6.42 Å². The lowest BCUT2D eigenvalue weighted by Gasteiger charge is -2.39. The van der Waals surface area contributed by atoms with Crippen molar-refractivity contribution in [1.29, 1.82) is 0 Å². The summed E-state index contributed by atoms with van der Waals surface area (Å²) in [6, 6.07) is 0.314. The molecule has 1 saturated carbocycles. The van der Waals surface area contributed by atoms with Gasteiger partial charge in [-0.25, -0.2) is 0 Å². The summed E-state index contributed by atoms with van der Waals surface area (Å²) in [6.45, 7) is 4.48. The molecule has 0 aromatic heterocycles. The third kappa shape index (κ3) is 4.18. The quantitative estimate of drug-likeness (QED) is 0.815. The van der Waals surface area contributed by atoms with Crippen LogP contribution in [-0.2, 0) is 10.2 Å². The number of nitrogens with one attached hydrogen (secondary N) is 1. The van der Waals surface area contributed by atoms with Crippen molar-refractivity contribution in [3.63, 3.8) is 0 Å². The molecule has 0 aromatic carbocycles. The predicted molar refractivity (Wildman–Crippen MR) is 86.4 cm³/mol. The average Bonchev–Trinajstić information content (AvgIpc) is 2.53. The van der Waals surface area contributed by atoms with Crippen molar-refractivity contribution in [2.24, 2.45) is 0 Å². The maximum absolute atomic E-state index is 13.0. The topological polar surface area (TPSA) is 52.7 Å². The van der Waals surface area contributed by atoms with Crippen molar-refractivity contribution in [2.45, 2.75) is 70.4 Å². The summed E-state index contributed by atoms with van der Waals surface area (Å²) in [7, 11) is -1.55. The van der Waals surface area contributed by atoms with E-state index in [0.717, 1.165) is 58.0 Å². The summed E-state index contributed by atoms with van der Waals surface area (Å²) in [6.07, 6.45) is 8.49. The van der Waals surface area contributed by atoms with Crippen molar-refractivity contribution >= 4 is 10.2 Å². The number of hydrogen-bond donors (Lipinski definition) is 1. The molecule has 1 unspecified atom stereocenters. The van der Waals surface area contributed by atoms with Crippen LogP contribution in [0.2, 0.25) is 0 Å². The Labute approximate surface area is 130 Å². The summed E-state index contributed by atoms with van der Waals surface area (Å²) in [5.41, 5.74) is 0. The normalized spacial score (nSPS) is 25.6. The maximum atomic E-state index is 13.0. The molecule has 2 aliphatic rings. The van der Waals surface area contributed by atoms with Crippen LogP contribution in [-0.4, -0.2) is 55.8 Å². The first kappa shape index (κ1) is 17.2. The van der Waals surface area contributed by atoms with Crippen molar-refractivity contribution in [2.75, 3.05) is 26.7 Å². The van der Waals surface area contributed by atoms with Gasteiger partial charge in [0.2, 0.25) is 0 Å². The molecule has 0 aromatic rings. The van der Waals surface area contributed by atoms with Crippen LogP contribution in [0, 0.1) is 0 Å². The first-order valence-electron chi connectivity index (χ1n) is 8.53. The highest BCUT2D eigenvalue weighted by Crippen LogP contribution is 2.26. The number of hydrogen-bond acceptors (Lipinski definition) is 3. The zero-order valence-electron chi connectivity index (χ0n) is 13.6. The SMILES string of the molecule is CCCN(C1CCCNC1)S(=O)(=O)N(C)C1CCCCC1. The standard InChI is InChI=1S/C15H31N3O2S/c1-3-12-18(15-10-7-11-16-13-15)21(19,20)17(2)14-8-5-4-6-9-14/h14-16H,3-13H2,1-2H3. The zero-order chi connectivity index (χ0) is 15.3. The molecule has 1 aliphatic heterocycles. The maximum Gasteiger partial charge on any atom is 0.282 e. The van der Waals surface area contributed by atoms with E-state index in [9.17, 15) is 8.42 Å². The molecule has 1 saturated heterocycles. The van der Waals surface area contributed by atoms with Gasteiger partial charge in [0.05, 0.1) is 0 Å². The van der Waals surface area contributed by atoms with Gasteiger partial charge in [0.15, 0.2) is 0 Å². The van der Waals surface area contributed by atoms with Gasteiger partial charge in [0.25, 0.3) is 10.2 Å². The Morgan fingerprint density at radius 3 is 2.29 bits per heavy atom. The van der Waals surface area contributed by atoms with Gasteiger partial charge in [0.1, 0.15) is 0 Å². The fourth-order valence-corrected chi connectivity index (χ4v) is 5.47. The Bertz CT molecular complexity index is 401. The molecule has 21 heavy (non-hydrogen) atoms. The summed E-state index contributed by atoms with van der Waals surface area (Å²) in [4.78, 5) is 0. The molecule has 0 radical (unpaired) electrons. The van der Waals surface area contributed by atoms with Crippen LogP contribution in [0.1, 0.15) is 58.3 Å². The fourth-order valence-electron chi connectivity index (χ4n) is 3.58. The Morgan fingerprint density at radius 2 is 1.71 bits per heavy atom. The molecule has 1 aliphatic carbocycles. The van der Waals surface area contributed by atoms with Gasteiger partial charge < -0.3 is 5.32 Å². The second-order valence-corrected chi connectivity index (χ2v) is 8.37. The van der Waals surface area contributed by atoms with Crippen LogP contribution in [0.4, 0.5) is 0 Å². The lowest BCUT2D eigenvalue weighted by molar-refractivity contribution is 0.223. The van der Waals surface area contributed by atoms with Crippen LogP contribution >= 0.6 is 0 Å². The predicted octanol–water partition coefficient (Wildman–Crippen LogP) is 1.96. The number of piperidine rings is 1. The van der Waals surface area contributed by atoms with Gasteiger partial charge in [-0.15, -0.1) is 0 Å². The Morgan fingerprint density at radius 1 is 1.05 bits per heavy atom. The molecule has 0 amide bonds. The van der Waals surface area contributed by atoms with Crippen molar-refractivity contribution in [3.05, 3.63) is 0 Å². The first-order chi connectivity index (χ1) is 10.1. The molecular weight excluding hydrogens is 286 g/mol. The van der Waals surface area contributed by atoms with Crippen LogP contribution in [0.25, 0.3) is 0 Å². The van der Waals surface area contributed by atoms with E-state index < -0.39 is 10.2 Å². The number of rotatable bonds is 6. The van der Waals surface area contributed by atoms with Crippen LogP contribution in [0.5, 0.6) is 0 Å². The monoisotopic (exact) mass is 317 g/mol. The van der Waals surface area contributed by atoms with Gasteiger partial charge in [-0.2, -0.15) is 17.0 Å². The zero-order valence-corrected chi connectivity index (χ0v) is 14.4. The van der Waals surface area contributed by atoms with E-state index in [4.69, 9.17) is 0 Å². The molecule has 6 heteroatoms. The molecule has 5 nitrogen and oxygen atoms in total. The largest absolute Gasteiger partial charge is 0.315 e.